The Morgan fingerprint density at radius 1 is 1.40 bits per heavy atom. The van der Waals surface area contributed by atoms with E-state index in [4.69, 9.17) is 4.42 Å². The molecule has 0 unspecified atom stereocenters. The predicted molar refractivity (Wildman–Crippen MR) is 51.5 cm³/mol. The number of halogens is 1. The smallest absolute Gasteiger partial charge is 0.178 e. The van der Waals surface area contributed by atoms with Crippen LogP contribution in [0.1, 0.15) is 0 Å². The Labute approximate surface area is 83.8 Å². The highest BCUT2D eigenvalue weighted by Crippen LogP contribution is 2.19. The van der Waals surface area contributed by atoms with Gasteiger partial charge in [-0.1, -0.05) is 0 Å². The van der Waals surface area contributed by atoms with Crippen molar-refractivity contribution in [1.29, 1.82) is 0 Å². The van der Waals surface area contributed by atoms with Crippen LogP contribution < -0.4 is 0 Å². The zero-order chi connectivity index (χ0) is 10.3. The van der Waals surface area contributed by atoms with Gasteiger partial charge in [-0.3, -0.25) is 0 Å². The molecule has 4 nitrogen and oxygen atoms in total. The molecule has 0 bridgehead atoms. The lowest BCUT2D eigenvalue weighted by molar-refractivity contribution is 0.578. The summed E-state index contributed by atoms with van der Waals surface area (Å²) in [6.45, 7) is 0. The number of hydrogen-bond donors (Lipinski definition) is 1. The summed E-state index contributed by atoms with van der Waals surface area (Å²) >= 11 is 0. The third kappa shape index (κ3) is 1.28. The second-order valence-corrected chi connectivity index (χ2v) is 3.09. The molecule has 1 N–H and O–H groups in total. The molecule has 0 aliphatic carbocycles. The molecule has 0 fully saturated rings. The minimum atomic E-state index is -0.392. The van der Waals surface area contributed by atoms with Crippen molar-refractivity contribution in [3.8, 4) is 11.6 Å². The highest BCUT2D eigenvalue weighted by molar-refractivity contribution is 5.74. The Kier molecular flexibility index (Phi) is 1.58. The number of nitrogens with zero attached hydrogens (tertiary/aromatic N) is 2. The van der Waals surface area contributed by atoms with E-state index < -0.39 is 5.82 Å². The summed E-state index contributed by atoms with van der Waals surface area (Å²) in [5, 5.41) is 0. The van der Waals surface area contributed by atoms with Gasteiger partial charge in [0.05, 0.1) is 18.0 Å². The van der Waals surface area contributed by atoms with E-state index in [1.54, 1.807) is 18.4 Å². The van der Waals surface area contributed by atoms with E-state index in [1.165, 1.54) is 6.07 Å². The van der Waals surface area contributed by atoms with Crippen LogP contribution in [0, 0.1) is 5.82 Å². The third-order valence-corrected chi connectivity index (χ3v) is 2.06. The third-order valence-electron chi connectivity index (χ3n) is 2.06. The molecule has 3 aromatic heterocycles. The Balaban J connectivity index is 2.22. The largest absolute Gasteiger partial charge is 0.461 e. The fourth-order valence-corrected chi connectivity index (χ4v) is 1.40. The number of rotatable bonds is 1. The normalized spacial score (nSPS) is 11.0. The molecule has 3 rings (SSSR count). The Morgan fingerprint density at radius 2 is 2.33 bits per heavy atom. The number of imidazole rings is 1. The van der Waals surface area contributed by atoms with Crippen LogP contribution in [-0.2, 0) is 0 Å². The number of aromatic nitrogens is 3. The molecule has 3 heterocycles. The minimum absolute atomic E-state index is 0.392. The van der Waals surface area contributed by atoms with Crippen LogP contribution in [0.3, 0.4) is 0 Å². The standard InChI is InChI=1S/C10H6FN3O/c11-6-4-7-9(12-5-6)14-10(13-7)8-2-1-3-15-8/h1-5H,(H,12,13,14). The number of hydrogen-bond acceptors (Lipinski definition) is 3. The summed E-state index contributed by atoms with van der Waals surface area (Å²) in [5.41, 5.74) is 1.03. The molecular formula is C10H6FN3O. The van der Waals surface area contributed by atoms with Crippen LogP contribution in [0.5, 0.6) is 0 Å². The summed E-state index contributed by atoms with van der Waals surface area (Å²) in [7, 11) is 0. The lowest BCUT2D eigenvalue weighted by Gasteiger charge is -1.86. The lowest BCUT2D eigenvalue weighted by atomic mass is 10.4. The second kappa shape index (κ2) is 2.91. The molecule has 0 aliphatic heterocycles. The van der Waals surface area contributed by atoms with Crippen molar-refractivity contribution in [2.75, 3.05) is 0 Å². The second-order valence-electron chi connectivity index (χ2n) is 3.09. The fraction of sp³-hybridized carbons (Fsp3) is 0. The fourth-order valence-electron chi connectivity index (χ4n) is 1.40. The van der Waals surface area contributed by atoms with Crippen LogP contribution in [-0.4, -0.2) is 15.0 Å². The maximum atomic E-state index is 12.9. The number of pyridine rings is 1. The lowest BCUT2D eigenvalue weighted by Crippen LogP contribution is -1.78. The highest BCUT2D eigenvalue weighted by Gasteiger charge is 2.08. The summed E-state index contributed by atoms with van der Waals surface area (Å²) in [5.74, 6) is 0.763. The molecule has 3 aromatic rings. The number of H-pyrrole nitrogens is 1. The maximum Gasteiger partial charge on any atom is 0.178 e. The zero-order valence-electron chi connectivity index (χ0n) is 7.57. The average Bonchev–Trinajstić information content (AvgIpc) is 2.84. The van der Waals surface area contributed by atoms with Crippen molar-refractivity contribution < 1.29 is 8.81 Å². The van der Waals surface area contributed by atoms with Gasteiger partial charge in [-0.15, -0.1) is 0 Å². The van der Waals surface area contributed by atoms with Gasteiger partial charge in [-0.2, -0.15) is 0 Å². The number of nitrogens with one attached hydrogen (secondary N) is 1. The van der Waals surface area contributed by atoms with Crippen molar-refractivity contribution in [1.82, 2.24) is 15.0 Å². The summed E-state index contributed by atoms with van der Waals surface area (Å²) in [6.07, 6.45) is 2.69. The van der Waals surface area contributed by atoms with Gasteiger partial charge in [0.2, 0.25) is 0 Å². The van der Waals surface area contributed by atoms with Crippen LogP contribution in [0.4, 0.5) is 4.39 Å². The molecule has 0 spiro atoms. The molecule has 0 aromatic carbocycles. The van der Waals surface area contributed by atoms with E-state index in [2.05, 4.69) is 15.0 Å². The van der Waals surface area contributed by atoms with E-state index >= 15 is 0 Å². The van der Waals surface area contributed by atoms with Crippen LogP contribution in [0.2, 0.25) is 0 Å². The molecule has 0 saturated carbocycles. The van der Waals surface area contributed by atoms with Crippen molar-refractivity contribution in [2.24, 2.45) is 0 Å². The minimum Gasteiger partial charge on any atom is -0.461 e. The average molecular weight is 203 g/mol. The predicted octanol–water partition coefficient (Wildman–Crippen LogP) is 2.36. The van der Waals surface area contributed by atoms with Crippen molar-refractivity contribution in [3.05, 3.63) is 36.5 Å². The molecular weight excluding hydrogens is 197 g/mol. The first-order valence-electron chi connectivity index (χ1n) is 4.38. The molecule has 0 amide bonds. The molecule has 0 aliphatic rings. The van der Waals surface area contributed by atoms with Gasteiger partial charge >= 0.3 is 0 Å². The van der Waals surface area contributed by atoms with Gasteiger partial charge in [0.1, 0.15) is 5.82 Å². The summed E-state index contributed by atoms with van der Waals surface area (Å²) in [6, 6.07) is 4.88. The summed E-state index contributed by atoms with van der Waals surface area (Å²) in [4.78, 5) is 11.0. The Hall–Kier alpha value is -2.17. The monoisotopic (exact) mass is 203 g/mol. The number of aromatic amines is 1. The van der Waals surface area contributed by atoms with Crippen LogP contribution >= 0.6 is 0 Å². The van der Waals surface area contributed by atoms with Crippen molar-refractivity contribution in [3.63, 3.8) is 0 Å². The van der Waals surface area contributed by atoms with Crippen LogP contribution in [0.15, 0.2) is 35.1 Å². The quantitative estimate of drug-likeness (QED) is 0.660. The molecule has 0 saturated heterocycles. The van der Waals surface area contributed by atoms with Crippen molar-refractivity contribution >= 4 is 11.2 Å². The van der Waals surface area contributed by atoms with Gasteiger partial charge < -0.3 is 9.40 Å². The molecule has 74 valence electrons. The summed E-state index contributed by atoms with van der Waals surface area (Å²) < 4.78 is 18.0. The number of fused-ring (bicyclic) bond motifs is 1. The molecule has 5 heteroatoms. The first-order valence-corrected chi connectivity index (χ1v) is 4.38. The van der Waals surface area contributed by atoms with Gasteiger partial charge in [-0.05, 0) is 12.1 Å². The SMILES string of the molecule is Fc1cnc2nc(-c3ccco3)[nH]c2c1. The van der Waals surface area contributed by atoms with E-state index in [0.29, 0.717) is 22.7 Å². The van der Waals surface area contributed by atoms with E-state index in [9.17, 15) is 4.39 Å². The van der Waals surface area contributed by atoms with Crippen LogP contribution in [0.25, 0.3) is 22.7 Å². The zero-order valence-corrected chi connectivity index (χ0v) is 7.57. The Morgan fingerprint density at radius 3 is 3.13 bits per heavy atom. The van der Waals surface area contributed by atoms with Crippen molar-refractivity contribution in [2.45, 2.75) is 0 Å². The van der Waals surface area contributed by atoms with E-state index in [1.807, 2.05) is 0 Å². The van der Waals surface area contributed by atoms with Gasteiger partial charge in [0.25, 0.3) is 0 Å². The highest BCUT2D eigenvalue weighted by atomic mass is 19.1. The van der Waals surface area contributed by atoms with Gasteiger partial charge in [0, 0.05) is 6.07 Å². The van der Waals surface area contributed by atoms with Gasteiger partial charge in [0.15, 0.2) is 17.2 Å². The molecule has 15 heavy (non-hydrogen) atoms. The first-order chi connectivity index (χ1) is 7.33. The molecule has 0 atom stereocenters. The van der Waals surface area contributed by atoms with Gasteiger partial charge in [-0.25, -0.2) is 14.4 Å². The number of furan rings is 1. The Bertz CT molecular complexity index is 600. The topological polar surface area (TPSA) is 54.7 Å². The van der Waals surface area contributed by atoms with E-state index in [-0.39, 0.29) is 0 Å². The first kappa shape index (κ1) is 8.16. The van der Waals surface area contributed by atoms with E-state index in [0.717, 1.165) is 6.20 Å². The maximum absolute atomic E-state index is 12.9. The molecule has 0 radical (unpaired) electrons.